The van der Waals surface area contributed by atoms with E-state index in [2.05, 4.69) is 6.92 Å². The summed E-state index contributed by atoms with van der Waals surface area (Å²) in [7, 11) is 0. The molecule has 0 saturated heterocycles. The molecule has 0 aliphatic heterocycles. The quantitative estimate of drug-likeness (QED) is 0.0712. The molecule has 0 spiro atoms. The summed E-state index contributed by atoms with van der Waals surface area (Å²) in [5.41, 5.74) is 0. The minimum Gasteiger partial charge on any atom is -0.462 e. The number of esters is 5. The first-order valence-electron chi connectivity index (χ1n) is 14.0. The highest BCUT2D eigenvalue weighted by Gasteiger charge is 2.47. The highest BCUT2D eigenvalue weighted by molar-refractivity contribution is 8.13. The molecule has 0 saturated carbocycles. The van der Waals surface area contributed by atoms with Crippen molar-refractivity contribution in [3.63, 3.8) is 0 Å². The normalized spacial score (nSPS) is 13.7. The van der Waals surface area contributed by atoms with Gasteiger partial charge >= 0.3 is 29.8 Å². The Bertz CT molecular complexity index is 836. The third-order valence-electron chi connectivity index (χ3n) is 5.70. The zero-order valence-electron chi connectivity index (χ0n) is 24.8. The fourth-order valence-electron chi connectivity index (χ4n) is 3.91. The number of hydrogen-bond donors (Lipinski definition) is 0. The molecule has 0 radical (unpaired) electrons. The molecule has 0 unspecified atom stereocenters. The van der Waals surface area contributed by atoms with Crippen molar-refractivity contribution in [2.24, 2.45) is 0 Å². The average Bonchev–Trinajstić information content (AvgIpc) is 2.89. The van der Waals surface area contributed by atoms with Crippen LogP contribution in [0, 0.1) is 0 Å². The van der Waals surface area contributed by atoms with Crippen LogP contribution < -0.4 is 0 Å². The van der Waals surface area contributed by atoms with Crippen LogP contribution in [0.4, 0.5) is 0 Å². The lowest BCUT2D eigenvalue weighted by molar-refractivity contribution is -0.201. The fourth-order valence-corrected chi connectivity index (χ4v) is 4.87. The van der Waals surface area contributed by atoms with Gasteiger partial charge in [-0.25, -0.2) is 0 Å². The van der Waals surface area contributed by atoms with Gasteiger partial charge in [-0.15, -0.1) is 11.6 Å². The molecule has 0 amide bonds. The summed E-state index contributed by atoms with van der Waals surface area (Å²) in [5, 5.41) is -0.658. The van der Waals surface area contributed by atoms with E-state index >= 15 is 0 Å². The van der Waals surface area contributed by atoms with Crippen molar-refractivity contribution in [3.05, 3.63) is 0 Å². The molecule has 0 aromatic heterocycles. The smallest absolute Gasteiger partial charge is 0.321 e. The second-order valence-corrected chi connectivity index (χ2v) is 10.9. The molecule has 11 nitrogen and oxygen atoms in total. The first-order valence-corrected chi connectivity index (χ1v) is 15.5. The van der Waals surface area contributed by atoms with Gasteiger partial charge in [-0.2, -0.15) is 0 Å². The summed E-state index contributed by atoms with van der Waals surface area (Å²) in [6, 6.07) is 0. The van der Waals surface area contributed by atoms with Gasteiger partial charge in [0.1, 0.15) is 12.5 Å². The van der Waals surface area contributed by atoms with E-state index in [1.54, 1.807) is 0 Å². The molecule has 0 N–H and O–H groups in total. The molecular formula is C28H45ClO11S. The number of ether oxygens (including phenoxy) is 5. The molecule has 0 heterocycles. The minimum absolute atomic E-state index is 0.413. The molecule has 13 heteroatoms. The van der Waals surface area contributed by atoms with Crippen LogP contribution in [0.25, 0.3) is 0 Å². The molecule has 0 aliphatic carbocycles. The van der Waals surface area contributed by atoms with E-state index in [9.17, 15) is 28.8 Å². The Kier molecular flexibility index (Phi) is 21.9. The molecule has 4 atom stereocenters. The highest BCUT2D eigenvalue weighted by Crippen LogP contribution is 2.24. The topological polar surface area (TPSA) is 149 Å². The van der Waals surface area contributed by atoms with Crippen LogP contribution in [0.15, 0.2) is 0 Å². The van der Waals surface area contributed by atoms with Gasteiger partial charge < -0.3 is 23.7 Å². The lowest BCUT2D eigenvalue weighted by Crippen LogP contribution is -2.55. The summed E-state index contributed by atoms with van der Waals surface area (Å²) in [6.07, 6.45) is 4.52. The third-order valence-corrected chi connectivity index (χ3v) is 6.93. The SMILES string of the molecule is CCCCCCCCCCCCSC(=O)[C@H](OC(C)=O)[C@@H](OC(C)=O)[C@H](OC(C)=O)[C@@H](COC(C)=O)OC(=O)CCl. The van der Waals surface area contributed by atoms with Gasteiger partial charge in [0.05, 0.1) is 0 Å². The van der Waals surface area contributed by atoms with Gasteiger partial charge in [0.25, 0.3) is 0 Å². The standard InChI is InChI=1S/C28H45ClO11S/c1-6-7-8-9-10-11-12-13-14-15-16-41-28(35)27(39-22(5)33)26(38-21(4)32)25(37-20(3)31)23(18-36-19(2)30)40-24(34)17-29/h23,25-27H,6-18H2,1-5H3/t23-,25-,26+,27-/m1/s1. The van der Waals surface area contributed by atoms with Crippen LogP contribution in [0.3, 0.4) is 0 Å². The van der Waals surface area contributed by atoms with E-state index in [0.717, 1.165) is 65.1 Å². The number of rotatable bonds is 22. The summed E-state index contributed by atoms with van der Waals surface area (Å²) in [5.74, 6) is -4.55. The van der Waals surface area contributed by atoms with Gasteiger partial charge in [-0.05, 0) is 6.42 Å². The second kappa shape index (κ2) is 23.2. The van der Waals surface area contributed by atoms with E-state index in [0.29, 0.717) is 5.75 Å². The maximum Gasteiger partial charge on any atom is 0.321 e. The first kappa shape index (κ1) is 38.7. The predicted molar refractivity (Wildman–Crippen MR) is 153 cm³/mol. The number of unbranched alkanes of at least 4 members (excludes halogenated alkanes) is 9. The van der Waals surface area contributed by atoms with E-state index in [4.69, 9.17) is 35.3 Å². The Labute approximate surface area is 252 Å². The largest absolute Gasteiger partial charge is 0.462 e. The average molecular weight is 625 g/mol. The summed E-state index contributed by atoms with van der Waals surface area (Å²) < 4.78 is 26.0. The van der Waals surface area contributed by atoms with Crippen LogP contribution in [0.1, 0.15) is 98.8 Å². The monoisotopic (exact) mass is 624 g/mol. The maximum absolute atomic E-state index is 13.3. The number of halogens is 1. The van der Waals surface area contributed by atoms with E-state index in [1.165, 1.54) is 38.5 Å². The Balaban J connectivity index is 5.64. The Morgan fingerprint density at radius 1 is 0.634 bits per heavy atom. The Morgan fingerprint density at radius 3 is 1.59 bits per heavy atom. The van der Waals surface area contributed by atoms with Gasteiger partial charge in [-0.3, -0.25) is 28.8 Å². The van der Waals surface area contributed by atoms with Gasteiger partial charge in [0, 0.05) is 33.4 Å². The van der Waals surface area contributed by atoms with Crippen molar-refractivity contribution in [1.29, 1.82) is 0 Å². The second-order valence-electron chi connectivity index (χ2n) is 9.49. The highest BCUT2D eigenvalue weighted by atomic mass is 35.5. The van der Waals surface area contributed by atoms with Crippen molar-refractivity contribution < 1.29 is 52.5 Å². The summed E-state index contributed by atoms with van der Waals surface area (Å²) in [4.78, 5) is 72.7. The third kappa shape index (κ3) is 19.4. The van der Waals surface area contributed by atoms with Crippen molar-refractivity contribution in [3.8, 4) is 0 Å². The molecular weight excluding hydrogens is 580 g/mol. The van der Waals surface area contributed by atoms with E-state index in [-0.39, 0.29) is 0 Å². The van der Waals surface area contributed by atoms with Crippen LogP contribution in [-0.4, -0.2) is 77.6 Å². The maximum atomic E-state index is 13.3. The molecule has 0 fully saturated rings. The fraction of sp³-hybridized carbons (Fsp3) is 0.786. The van der Waals surface area contributed by atoms with Crippen molar-refractivity contribution in [1.82, 2.24) is 0 Å². The first-order chi connectivity index (χ1) is 19.4. The lowest BCUT2D eigenvalue weighted by atomic mass is 10.0. The van der Waals surface area contributed by atoms with Crippen LogP contribution in [-0.2, 0) is 52.5 Å². The van der Waals surface area contributed by atoms with Gasteiger partial charge in [0.2, 0.25) is 11.2 Å². The molecule has 0 rings (SSSR count). The Morgan fingerprint density at radius 2 is 1.12 bits per heavy atom. The number of alkyl halides is 1. The van der Waals surface area contributed by atoms with Crippen molar-refractivity contribution in [2.75, 3.05) is 18.2 Å². The number of carbonyl (C=O) groups is 6. The number of thioether (sulfide) groups is 1. The molecule has 0 aliphatic rings. The van der Waals surface area contributed by atoms with Crippen molar-refractivity contribution in [2.45, 2.75) is 123 Å². The number of carbonyl (C=O) groups excluding carboxylic acids is 6. The van der Waals surface area contributed by atoms with Crippen molar-refractivity contribution >= 4 is 58.3 Å². The van der Waals surface area contributed by atoms with Crippen LogP contribution in [0.5, 0.6) is 0 Å². The molecule has 0 bridgehead atoms. The van der Waals surface area contributed by atoms with Crippen LogP contribution in [0.2, 0.25) is 0 Å². The molecule has 0 aromatic rings. The minimum atomic E-state index is -1.73. The van der Waals surface area contributed by atoms with Gasteiger partial charge in [0.15, 0.2) is 18.3 Å². The van der Waals surface area contributed by atoms with E-state index < -0.39 is 71.9 Å². The summed E-state index contributed by atoms with van der Waals surface area (Å²) in [6.45, 7) is 5.79. The molecule has 0 aromatic carbocycles. The molecule has 41 heavy (non-hydrogen) atoms. The van der Waals surface area contributed by atoms with Gasteiger partial charge in [-0.1, -0.05) is 76.5 Å². The lowest BCUT2D eigenvalue weighted by Gasteiger charge is -2.34. The number of hydrogen-bond acceptors (Lipinski definition) is 12. The van der Waals surface area contributed by atoms with E-state index in [1.807, 2.05) is 0 Å². The zero-order chi connectivity index (χ0) is 31.2. The predicted octanol–water partition coefficient (Wildman–Crippen LogP) is 4.68. The van der Waals surface area contributed by atoms with Crippen LogP contribution >= 0.6 is 23.4 Å². The zero-order valence-corrected chi connectivity index (χ0v) is 26.4. The summed E-state index contributed by atoms with van der Waals surface area (Å²) >= 11 is 6.43. The Hall–Kier alpha value is -2.34. The molecule has 236 valence electrons.